The van der Waals surface area contributed by atoms with Gasteiger partial charge >= 0.3 is 6.03 Å². The third kappa shape index (κ3) is 5.15. The number of aryl methyl sites for hydroxylation is 2. The number of hydrogen-bond donors (Lipinski definition) is 1. The van der Waals surface area contributed by atoms with E-state index in [0.29, 0.717) is 25.3 Å². The van der Waals surface area contributed by atoms with Gasteiger partial charge in [-0.2, -0.15) is 0 Å². The second kappa shape index (κ2) is 10.7. The van der Waals surface area contributed by atoms with Crippen molar-refractivity contribution < 1.29 is 4.79 Å². The van der Waals surface area contributed by atoms with Gasteiger partial charge in [-0.3, -0.25) is 4.98 Å². The molecule has 1 N–H and O–H groups in total. The van der Waals surface area contributed by atoms with Crippen LogP contribution in [0.5, 0.6) is 0 Å². The molecule has 8 heteroatoms. The van der Waals surface area contributed by atoms with Gasteiger partial charge < -0.3 is 10.2 Å². The molecule has 0 saturated carbocycles. The van der Waals surface area contributed by atoms with E-state index in [2.05, 4.69) is 47.3 Å². The first-order chi connectivity index (χ1) is 19.1. The number of benzene rings is 2. The summed E-state index contributed by atoms with van der Waals surface area (Å²) in [6.45, 7) is 5.20. The van der Waals surface area contributed by atoms with Crippen molar-refractivity contribution in [2.75, 3.05) is 11.9 Å². The molecule has 2 aromatic carbocycles. The number of nitrogens with one attached hydrogen (secondary N) is 1. The summed E-state index contributed by atoms with van der Waals surface area (Å²) in [5, 5.41) is 6.05. The fourth-order valence-electron chi connectivity index (χ4n) is 4.93. The van der Waals surface area contributed by atoms with E-state index in [9.17, 15) is 4.79 Å². The molecule has 3 aromatic heterocycles. The van der Waals surface area contributed by atoms with Crippen LogP contribution in [0.4, 0.5) is 10.5 Å². The Morgan fingerprint density at radius 3 is 2.72 bits per heavy atom. The first kappa shape index (κ1) is 24.9. The van der Waals surface area contributed by atoms with E-state index in [-0.39, 0.29) is 6.03 Å². The summed E-state index contributed by atoms with van der Waals surface area (Å²) in [5.74, 6) is 0.657. The minimum atomic E-state index is -0.133. The maximum atomic E-state index is 13.5. The lowest BCUT2D eigenvalue weighted by molar-refractivity contribution is 0.206. The highest BCUT2D eigenvalue weighted by Crippen LogP contribution is 2.33. The van der Waals surface area contributed by atoms with Crippen LogP contribution in [0.2, 0.25) is 0 Å². The Bertz CT molecular complexity index is 1630. The monoisotopic (exact) mass is 532 g/mol. The summed E-state index contributed by atoms with van der Waals surface area (Å²) in [4.78, 5) is 34.0. The van der Waals surface area contributed by atoms with Gasteiger partial charge in [0, 0.05) is 64.9 Å². The third-order valence-corrected chi connectivity index (χ3v) is 7.82. The highest BCUT2D eigenvalue weighted by Gasteiger charge is 2.27. The topological polar surface area (TPSA) is 83.9 Å². The lowest BCUT2D eigenvalue weighted by Crippen LogP contribution is -2.39. The van der Waals surface area contributed by atoms with Crippen LogP contribution in [-0.4, -0.2) is 37.4 Å². The van der Waals surface area contributed by atoms with Gasteiger partial charge in [0.2, 0.25) is 0 Å². The normalized spacial score (nSPS) is 12.7. The Balaban J connectivity index is 1.33. The Morgan fingerprint density at radius 1 is 1.05 bits per heavy atom. The quantitative estimate of drug-likeness (QED) is 0.269. The van der Waals surface area contributed by atoms with Gasteiger partial charge in [0.25, 0.3) is 0 Å². The van der Waals surface area contributed by atoms with Crippen LogP contribution in [0.25, 0.3) is 33.2 Å². The molecule has 0 saturated heterocycles. The van der Waals surface area contributed by atoms with Crippen molar-refractivity contribution in [2.45, 2.75) is 33.2 Å². The molecule has 39 heavy (non-hydrogen) atoms. The number of fused-ring (bicyclic) bond motifs is 1. The molecule has 0 aliphatic carbocycles. The molecule has 0 fully saturated rings. The molecule has 7 nitrogen and oxygen atoms in total. The molecule has 0 unspecified atom stereocenters. The highest BCUT2D eigenvalue weighted by atomic mass is 32.1. The molecular formula is C31H28N6OS. The predicted octanol–water partition coefficient (Wildman–Crippen LogP) is 6.79. The summed E-state index contributed by atoms with van der Waals surface area (Å²) in [6, 6.07) is 18.1. The SMILES string of the molecule is CCc1cc(NC(=O)N2CCc3nc(-c4cccnc4)nc(-c4ccccc4C)c3C2)cc(-c2nccs2)c1. The fourth-order valence-corrected chi connectivity index (χ4v) is 5.56. The summed E-state index contributed by atoms with van der Waals surface area (Å²) in [5.41, 5.74) is 8.83. The minimum absolute atomic E-state index is 0.133. The van der Waals surface area contributed by atoms with Gasteiger partial charge in [0.15, 0.2) is 5.82 Å². The zero-order chi connectivity index (χ0) is 26.8. The van der Waals surface area contributed by atoms with E-state index < -0.39 is 0 Å². The van der Waals surface area contributed by atoms with Crippen LogP contribution in [0.15, 0.2) is 78.6 Å². The molecule has 4 heterocycles. The molecule has 5 aromatic rings. The van der Waals surface area contributed by atoms with Gasteiger partial charge in [-0.25, -0.2) is 19.7 Å². The molecule has 0 bridgehead atoms. The predicted molar refractivity (Wildman–Crippen MR) is 155 cm³/mol. The Hall–Kier alpha value is -4.43. The van der Waals surface area contributed by atoms with Crippen LogP contribution < -0.4 is 5.32 Å². The van der Waals surface area contributed by atoms with E-state index in [1.165, 1.54) is 0 Å². The number of pyridine rings is 1. The molecule has 1 aliphatic heterocycles. The minimum Gasteiger partial charge on any atom is -0.320 e. The average molecular weight is 533 g/mol. The zero-order valence-electron chi connectivity index (χ0n) is 21.9. The molecule has 0 atom stereocenters. The molecule has 6 rings (SSSR count). The van der Waals surface area contributed by atoms with Crippen molar-refractivity contribution in [1.82, 2.24) is 24.8 Å². The van der Waals surface area contributed by atoms with E-state index in [4.69, 9.17) is 9.97 Å². The summed E-state index contributed by atoms with van der Waals surface area (Å²) >= 11 is 1.59. The second-order valence-corrected chi connectivity index (χ2v) is 10.5. The number of carbonyl (C=O) groups excluding carboxylic acids is 1. The van der Waals surface area contributed by atoms with Crippen LogP contribution in [-0.2, 0) is 19.4 Å². The fraction of sp³-hybridized carbons (Fsp3) is 0.194. The van der Waals surface area contributed by atoms with Gasteiger partial charge in [0.1, 0.15) is 5.01 Å². The first-order valence-corrected chi connectivity index (χ1v) is 13.9. The number of hydrogen-bond acceptors (Lipinski definition) is 6. The number of amides is 2. The van der Waals surface area contributed by atoms with Gasteiger partial charge in [-0.15, -0.1) is 11.3 Å². The second-order valence-electron chi connectivity index (χ2n) is 9.59. The van der Waals surface area contributed by atoms with E-state index in [1.807, 2.05) is 46.7 Å². The van der Waals surface area contributed by atoms with Crippen LogP contribution in [0.3, 0.4) is 0 Å². The summed E-state index contributed by atoms with van der Waals surface area (Å²) in [6.07, 6.45) is 6.86. The van der Waals surface area contributed by atoms with E-state index >= 15 is 0 Å². The van der Waals surface area contributed by atoms with E-state index in [1.54, 1.807) is 29.9 Å². The largest absolute Gasteiger partial charge is 0.322 e. The molecule has 1 aliphatic rings. The first-order valence-electron chi connectivity index (χ1n) is 13.0. The number of anilines is 1. The van der Waals surface area contributed by atoms with Crippen molar-refractivity contribution in [3.63, 3.8) is 0 Å². The Kier molecular flexibility index (Phi) is 6.85. The van der Waals surface area contributed by atoms with Crippen molar-refractivity contribution in [3.05, 3.63) is 101 Å². The smallest absolute Gasteiger partial charge is 0.320 e. The lowest BCUT2D eigenvalue weighted by Gasteiger charge is -2.30. The van der Waals surface area contributed by atoms with Crippen molar-refractivity contribution in [1.29, 1.82) is 0 Å². The van der Waals surface area contributed by atoms with Gasteiger partial charge in [-0.1, -0.05) is 31.2 Å². The average Bonchev–Trinajstić information content (AvgIpc) is 3.52. The maximum absolute atomic E-state index is 13.5. The van der Waals surface area contributed by atoms with E-state index in [0.717, 1.165) is 61.9 Å². The van der Waals surface area contributed by atoms with Crippen LogP contribution in [0.1, 0.15) is 29.3 Å². The Morgan fingerprint density at radius 2 is 1.95 bits per heavy atom. The number of nitrogens with zero attached hydrogens (tertiary/aromatic N) is 5. The molecular weight excluding hydrogens is 504 g/mol. The zero-order valence-corrected chi connectivity index (χ0v) is 22.7. The Labute approximate surface area is 231 Å². The number of rotatable bonds is 5. The summed E-state index contributed by atoms with van der Waals surface area (Å²) < 4.78 is 0. The number of thiazole rings is 1. The molecule has 2 amide bonds. The van der Waals surface area contributed by atoms with Crippen LogP contribution >= 0.6 is 11.3 Å². The van der Waals surface area contributed by atoms with Gasteiger partial charge in [0.05, 0.1) is 17.9 Å². The highest BCUT2D eigenvalue weighted by molar-refractivity contribution is 7.13. The molecule has 0 radical (unpaired) electrons. The number of carbonyl (C=O) groups is 1. The van der Waals surface area contributed by atoms with Crippen LogP contribution in [0, 0.1) is 6.92 Å². The van der Waals surface area contributed by atoms with Gasteiger partial charge in [-0.05, 0) is 54.8 Å². The number of urea groups is 1. The van der Waals surface area contributed by atoms with Crippen molar-refractivity contribution in [3.8, 4) is 33.2 Å². The molecule has 0 spiro atoms. The summed E-state index contributed by atoms with van der Waals surface area (Å²) in [7, 11) is 0. The maximum Gasteiger partial charge on any atom is 0.322 e. The van der Waals surface area contributed by atoms with Crippen molar-refractivity contribution in [2.24, 2.45) is 0 Å². The lowest BCUT2D eigenvalue weighted by atomic mass is 9.96. The molecule has 194 valence electrons. The number of aromatic nitrogens is 4. The van der Waals surface area contributed by atoms with Crippen molar-refractivity contribution >= 4 is 23.1 Å². The standard InChI is InChI=1S/C31H28N6OS/c1-3-21-15-23(30-33-12-14-39-30)17-24(16-21)34-31(38)37-13-10-27-26(19-37)28(25-9-5-4-7-20(25)2)36-29(35-27)22-8-6-11-32-18-22/h4-9,11-12,14-18H,3,10,13,19H2,1-2H3,(H,34,38). The third-order valence-electron chi connectivity index (χ3n) is 7.00.